The first-order chi connectivity index (χ1) is 10.4. The van der Waals surface area contributed by atoms with Crippen molar-refractivity contribution < 1.29 is 14.3 Å². The van der Waals surface area contributed by atoms with E-state index in [1.165, 1.54) is 11.3 Å². The van der Waals surface area contributed by atoms with Crippen molar-refractivity contribution in [1.82, 2.24) is 10.3 Å². The summed E-state index contributed by atoms with van der Waals surface area (Å²) in [5.74, 6) is 0.791. The molecule has 124 valence electrons. The van der Waals surface area contributed by atoms with Gasteiger partial charge in [-0.3, -0.25) is 10.1 Å². The predicted molar refractivity (Wildman–Crippen MR) is 88.1 cm³/mol. The number of ether oxygens (including phenoxy) is 1. The normalized spacial score (nSPS) is 10.8. The summed E-state index contributed by atoms with van der Waals surface area (Å²) in [5, 5.41) is 7.63. The molecule has 0 saturated heterocycles. The maximum Gasteiger partial charge on any atom is 0.413 e. The molecule has 22 heavy (non-hydrogen) atoms. The number of aromatic nitrogens is 1. The molecule has 2 amide bonds. The number of hydrogen-bond acceptors (Lipinski definition) is 5. The predicted octanol–water partition coefficient (Wildman–Crippen LogP) is 3.05. The lowest BCUT2D eigenvalue weighted by molar-refractivity contribution is -0.120. The molecule has 7 heteroatoms. The molecule has 0 aromatic carbocycles. The van der Waals surface area contributed by atoms with Crippen molar-refractivity contribution in [3.63, 3.8) is 0 Å². The summed E-state index contributed by atoms with van der Waals surface area (Å²) in [6.45, 7) is 9.20. The summed E-state index contributed by atoms with van der Waals surface area (Å²) in [6.07, 6.45) is 0.658. The Bertz CT molecular complexity index is 486. The summed E-state index contributed by atoms with van der Waals surface area (Å²) in [4.78, 5) is 27.5. The third kappa shape index (κ3) is 7.97. The number of carbonyl (C=O) groups excluding carboxylic acids is 2. The average Bonchev–Trinajstić information content (AvgIpc) is 2.83. The van der Waals surface area contributed by atoms with Gasteiger partial charge in [-0.05, 0) is 18.3 Å². The highest BCUT2D eigenvalue weighted by molar-refractivity contribution is 7.13. The Morgan fingerprint density at radius 2 is 2.00 bits per heavy atom. The molecule has 2 N–H and O–H groups in total. The lowest BCUT2D eigenvalue weighted by Gasteiger charge is -2.07. The zero-order chi connectivity index (χ0) is 16.5. The van der Waals surface area contributed by atoms with Gasteiger partial charge in [0.1, 0.15) is 0 Å². The molecular formula is C15H25N3O3S. The Labute approximate surface area is 135 Å². The smallest absolute Gasteiger partial charge is 0.413 e. The van der Waals surface area contributed by atoms with E-state index >= 15 is 0 Å². The van der Waals surface area contributed by atoms with Gasteiger partial charge in [-0.15, -0.1) is 11.3 Å². The number of anilines is 1. The second kappa shape index (κ2) is 9.40. The lowest BCUT2D eigenvalue weighted by atomic mass is 10.1. The Morgan fingerprint density at radius 3 is 2.64 bits per heavy atom. The van der Waals surface area contributed by atoms with Gasteiger partial charge >= 0.3 is 6.09 Å². The molecule has 0 unspecified atom stereocenters. The number of carbonyl (C=O) groups is 2. The van der Waals surface area contributed by atoms with Gasteiger partial charge in [0.2, 0.25) is 5.91 Å². The minimum Gasteiger partial charge on any atom is -0.449 e. The standard InChI is InChI=1S/C15H25N3O3S/c1-10(2)5-6-16-13(19)7-12-9-22-14(17-12)18-15(20)21-8-11(3)4/h9-11H,5-8H2,1-4H3,(H,16,19)(H,17,18,20). The molecule has 0 saturated carbocycles. The highest BCUT2D eigenvalue weighted by atomic mass is 32.1. The van der Waals surface area contributed by atoms with Crippen molar-refractivity contribution in [3.05, 3.63) is 11.1 Å². The lowest BCUT2D eigenvalue weighted by Crippen LogP contribution is -2.27. The van der Waals surface area contributed by atoms with Crippen molar-refractivity contribution in [2.24, 2.45) is 11.8 Å². The van der Waals surface area contributed by atoms with E-state index in [9.17, 15) is 9.59 Å². The second-order valence-corrected chi connectivity index (χ2v) is 6.83. The number of amides is 2. The molecule has 0 spiro atoms. The fraction of sp³-hybridized carbons (Fsp3) is 0.667. The summed E-state index contributed by atoms with van der Waals surface area (Å²) >= 11 is 1.28. The molecule has 6 nitrogen and oxygen atoms in total. The quantitative estimate of drug-likeness (QED) is 0.769. The van der Waals surface area contributed by atoms with Crippen molar-refractivity contribution in [1.29, 1.82) is 0 Å². The van der Waals surface area contributed by atoms with Crippen LogP contribution in [0.15, 0.2) is 5.38 Å². The molecule has 1 aromatic heterocycles. The van der Waals surface area contributed by atoms with Crippen LogP contribution in [-0.2, 0) is 16.0 Å². The topological polar surface area (TPSA) is 80.3 Å². The van der Waals surface area contributed by atoms with Gasteiger partial charge in [-0.25, -0.2) is 9.78 Å². The molecule has 1 aromatic rings. The van der Waals surface area contributed by atoms with Gasteiger partial charge in [-0.2, -0.15) is 0 Å². The Kier molecular flexibility index (Phi) is 7.87. The van der Waals surface area contributed by atoms with E-state index in [-0.39, 0.29) is 18.2 Å². The highest BCUT2D eigenvalue weighted by Gasteiger charge is 2.11. The van der Waals surface area contributed by atoms with Gasteiger partial charge in [-0.1, -0.05) is 27.7 Å². The zero-order valence-electron chi connectivity index (χ0n) is 13.6. The van der Waals surface area contributed by atoms with E-state index in [4.69, 9.17) is 4.74 Å². The van der Waals surface area contributed by atoms with E-state index < -0.39 is 6.09 Å². The average molecular weight is 327 g/mol. The van der Waals surface area contributed by atoms with Crippen LogP contribution in [0.1, 0.15) is 39.8 Å². The Balaban J connectivity index is 2.34. The third-order valence-electron chi connectivity index (χ3n) is 2.69. The fourth-order valence-corrected chi connectivity index (χ4v) is 2.23. The minimum atomic E-state index is -0.518. The molecule has 0 aliphatic carbocycles. The molecule has 1 rings (SSSR count). The first kappa shape index (κ1) is 18.4. The highest BCUT2D eigenvalue weighted by Crippen LogP contribution is 2.16. The summed E-state index contributed by atoms with van der Waals surface area (Å²) in [5.41, 5.74) is 0.645. The fourth-order valence-electron chi connectivity index (χ4n) is 1.54. The van der Waals surface area contributed by atoms with E-state index in [0.717, 1.165) is 6.42 Å². The number of rotatable bonds is 8. The van der Waals surface area contributed by atoms with Crippen molar-refractivity contribution in [3.8, 4) is 0 Å². The Hall–Kier alpha value is -1.63. The van der Waals surface area contributed by atoms with Gasteiger partial charge in [0.15, 0.2) is 5.13 Å². The van der Waals surface area contributed by atoms with Crippen molar-refractivity contribution in [2.45, 2.75) is 40.5 Å². The van der Waals surface area contributed by atoms with E-state index in [2.05, 4.69) is 29.5 Å². The van der Waals surface area contributed by atoms with Crippen LogP contribution < -0.4 is 10.6 Å². The second-order valence-electron chi connectivity index (χ2n) is 5.97. The third-order valence-corrected chi connectivity index (χ3v) is 3.50. The molecule has 0 aliphatic rings. The largest absolute Gasteiger partial charge is 0.449 e. The number of thiazole rings is 1. The van der Waals surface area contributed by atoms with Crippen LogP contribution in [0.3, 0.4) is 0 Å². The number of hydrogen-bond donors (Lipinski definition) is 2. The monoisotopic (exact) mass is 327 g/mol. The molecule has 0 atom stereocenters. The summed E-state index contributed by atoms with van der Waals surface area (Å²) in [6, 6.07) is 0. The SMILES string of the molecule is CC(C)CCNC(=O)Cc1csc(NC(=O)OCC(C)C)n1. The van der Waals surface area contributed by atoms with Gasteiger partial charge in [0, 0.05) is 11.9 Å². The van der Waals surface area contributed by atoms with Crippen LogP contribution in [0.2, 0.25) is 0 Å². The maximum atomic E-state index is 11.7. The minimum absolute atomic E-state index is 0.0557. The molecule has 0 bridgehead atoms. The van der Waals surface area contributed by atoms with Crippen LogP contribution in [-0.4, -0.2) is 30.1 Å². The first-order valence-corrected chi connectivity index (χ1v) is 8.39. The van der Waals surface area contributed by atoms with Gasteiger partial charge in [0.05, 0.1) is 18.7 Å². The van der Waals surface area contributed by atoms with Gasteiger partial charge < -0.3 is 10.1 Å². The van der Waals surface area contributed by atoms with E-state index in [0.29, 0.717) is 29.9 Å². The number of nitrogens with one attached hydrogen (secondary N) is 2. The van der Waals surface area contributed by atoms with Crippen LogP contribution in [0, 0.1) is 11.8 Å². The van der Waals surface area contributed by atoms with Crippen molar-refractivity contribution >= 4 is 28.5 Å². The van der Waals surface area contributed by atoms with E-state index in [1.807, 2.05) is 13.8 Å². The molecule has 0 aliphatic heterocycles. The van der Waals surface area contributed by atoms with Crippen LogP contribution in [0.25, 0.3) is 0 Å². The molecule has 0 radical (unpaired) electrons. The van der Waals surface area contributed by atoms with Crippen LogP contribution in [0.4, 0.5) is 9.93 Å². The maximum absolute atomic E-state index is 11.7. The van der Waals surface area contributed by atoms with E-state index in [1.54, 1.807) is 5.38 Å². The summed E-state index contributed by atoms with van der Waals surface area (Å²) in [7, 11) is 0. The Morgan fingerprint density at radius 1 is 1.27 bits per heavy atom. The van der Waals surface area contributed by atoms with Crippen LogP contribution in [0.5, 0.6) is 0 Å². The molecule has 1 heterocycles. The molecular weight excluding hydrogens is 302 g/mol. The van der Waals surface area contributed by atoms with Crippen molar-refractivity contribution in [2.75, 3.05) is 18.5 Å². The first-order valence-electron chi connectivity index (χ1n) is 7.51. The van der Waals surface area contributed by atoms with Crippen LogP contribution >= 0.6 is 11.3 Å². The molecule has 0 fully saturated rings. The zero-order valence-corrected chi connectivity index (χ0v) is 14.5. The number of nitrogens with zero attached hydrogens (tertiary/aromatic N) is 1. The summed E-state index contributed by atoms with van der Waals surface area (Å²) < 4.78 is 5.01. The van der Waals surface area contributed by atoms with Gasteiger partial charge in [0.25, 0.3) is 0 Å².